The molecule has 9 heteroatoms. The molecule has 0 fully saturated rings. The van der Waals surface area contributed by atoms with Crippen LogP contribution < -0.4 is 10.6 Å². The van der Waals surface area contributed by atoms with Crippen molar-refractivity contribution >= 4 is 47.2 Å². The lowest BCUT2D eigenvalue weighted by Crippen LogP contribution is -2.44. The van der Waals surface area contributed by atoms with Crippen molar-refractivity contribution in [1.82, 2.24) is 15.6 Å². The van der Waals surface area contributed by atoms with Crippen LogP contribution >= 0.6 is 35.3 Å². The maximum Gasteiger partial charge on any atom is 0.350 e. The molecule has 0 spiro atoms. The second-order valence-electron chi connectivity index (χ2n) is 7.37. The van der Waals surface area contributed by atoms with Crippen LogP contribution in [0.5, 0.6) is 0 Å². The van der Waals surface area contributed by atoms with E-state index in [0.717, 1.165) is 10.6 Å². The Morgan fingerprint density at radius 1 is 1.33 bits per heavy atom. The topological polar surface area (TPSA) is 75.6 Å². The lowest BCUT2D eigenvalue weighted by molar-refractivity contribution is 0.0531. The summed E-state index contributed by atoms with van der Waals surface area (Å²) in [5, 5.41) is 7.40. The lowest BCUT2D eigenvalue weighted by Gasteiger charge is -2.27. The summed E-state index contributed by atoms with van der Waals surface area (Å²) >= 11 is 1.32. The highest BCUT2D eigenvalue weighted by molar-refractivity contribution is 14.0. The van der Waals surface area contributed by atoms with Crippen molar-refractivity contribution in [2.45, 2.75) is 46.1 Å². The Bertz CT molecular complexity index is 868. The monoisotopic (exact) mass is 548 g/mol. The fraction of sp³-hybridized carbons (Fsp3) is 0.476. The van der Waals surface area contributed by atoms with Crippen molar-refractivity contribution in [3.05, 3.63) is 51.2 Å². The molecule has 0 aliphatic carbocycles. The minimum Gasteiger partial charge on any atom is -0.462 e. The molecule has 0 saturated heterocycles. The number of carbonyl (C=O) groups is 1. The zero-order valence-corrected chi connectivity index (χ0v) is 21.4. The van der Waals surface area contributed by atoms with E-state index in [4.69, 9.17) is 4.74 Å². The standard InChI is InChI=1S/C21H29FN4O2S.HI/c1-7-28-19(27)17-13(2)25-18(29-17)14(3)26-20(23-6)24-12-21(4,5)15-8-10-16(22)11-9-15;/h8-11,14H,7,12H2,1-6H3,(H2,23,24,26);1H. The largest absolute Gasteiger partial charge is 0.462 e. The number of aryl methyl sites for hydroxylation is 1. The molecule has 0 bridgehead atoms. The molecule has 30 heavy (non-hydrogen) atoms. The molecule has 1 heterocycles. The molecular weight excluding hydrogens is 518 g/mol. The van der Waals surface area contributed by atoms with Crippen molar-refractivity contribution in [3.63, 3.8) is 0 Å². The summed E-state index contributed by atoms with van der Waals surface area (Å²) in [6.45, 7) is 10.7. The van der Waals surface area contributed by atoms with Crippen molar-refractivity contribution in [2.75, 3.05) is 20.2 Å². The molecule has 1 unspecified atom stereocenters. The zero-order valence-electron chi connectivity index (χ0n) is 18.2. The first kappa shape index (κ1) is 26.3. The number of benzene rings is 1. The van der Waals surface area contributed by atoms with Crippen LogP contribution in [-0.4, -0.2) is 37.1 Å². The second kappa shape index (κ2) is 11.6. The summed E-state index contributed by atoms with van der Waals surface area (Å²) in [7, 11) is 1.70. The molecule has 2 aromatic rings. The van der Waals surface area contributed by atoms with E-state index in [2.05, 4.69) is 34.5 Å². The van der Waals surface area contributed by atoms with Gasteiger partial charge in [-0.3, -0.25) is 4.99 Å². The van der Waals surface area contributed by atoms with Gasteiger partial charge in [-0.1, -0.05) is 26.0 Å². The Kier molecular flexibility index (Phi) is 10.2. The molecule has 2 N–H and O–H groups in total. The molecular formula is C21H30FIN4O2S. The van der Waals surface area contributed by atoms with Gasteiger partial charge in [0.05, 0.1) is 18.3 Å². The number of ether oxygens (including phenoxy) is 1. The van der Waals surface area contributed by atoms with Crippen molar-refractivity contribution < 1.29 is 13.9 Å². The molecule has 0 amide bonds. The van der Waals surface area contributed by atoms with E-state index in [1.54, 1.807) is 33.0 Å². The van der Waals surface area contributed by atoms with Crippen LogP contribution in [0.3, 0.4) is 0 Å². The number of esters is 1. The highest BCUT2D eigenvalue weighted by atomic mass is 127. The Labute approximate surface area is 198 Å². The maximum absolute atomic E-state index is 13.2. The van der Waals surface area contributed by atoms with E-state index in [0.29, 0.717) is 29.7 Å². The number of thiazole rings is 1. The SMILES string of the molecule is CCOC(=O)c1sc(C(C)NC(=NC)NCC(C)(C)c2ccc(F)cc2)nc1C.I. The molecule has 0 saturated carbocycles. The minimum atomic E-state index is -0.343. The number of aliphatic imine (C=N–C) groups is 1. The van der Waals surface area contributed by atoms with E-state index < -0.39 is 0 Å². The van der Waals surface area contributed by atoms with Gasteiger partial charge in [0.2, 0.25) is 0 Å². The Balaban J connectivity index is 0.00000450. The van der Waals surface area contributed by atoms with Gasteiger partial charge in [-0.25, -0.2) is 14.2 Å². The maximum atomic E-state index is 13.2. The highest BCUT2D eigenvalue weighted by Crippen LogP contribution is 2.25. The van der Waals surface area contributed by atoms with Crippen LogP contribution in [0.1, 0.15) is 59.7 Å². The first-order valence-electron chi connectivity index (χ1n) is 9.55. The molecule has 0 aliphatic heterocycles. The van der Waals surface area contributed by atoms with Crippen LogP contribution in [0.25, 0.3) is 0 Å². The Morgan fingerprint density at radius 3 is 2.53 bits per heavy atom. The highest BCUT2D eigenvalue weighted by Gasteiger charge is 2.23. The normalized spacial score (nSPS) is 12.7. The van der Waals surface area contributed by atoms with E-state index in [9.17, 15) is 9.18 Å². The van der Waals surface area contributed by atoms with Gasteiger partial charge in [0.15, 0.2) is 5.96 Å². The second-order valence-corrected chi connectivity index (χ2v) is 8.40. The van der Waals surface area contributed by atoms with Crippen molar-refractivity contribution in [2.24, 2.45) is 4.99 Å². The number of nitrogens with zero attached hydrogens (tertiary/aromatic N) is 2. The first-order valence-corrected chi connectivity index (χ1v) is 10.4. The predicted molar refractivity (Wildman–Crippen MR) is 131 cm³/mol. The molecule has 0 aliphatic rings. The Morgan fingerprint density at radius 2 is 1.97 bits per heavy atom. The number of carbonyl (C=O) groups excluding carboxylic acids is 1. The molecule has 0 radical (unpaired) electrons. The first-order chi connectivity index (χ1) is 13.7. The summed E-state index contributed by atoms with van der Waals surface area (Å²) in [6.07, 6.45) is 0. The van der Waals surface area contributed by atoms with Gasteiger partial charge in [0, 0.05) is 19.0 Å². The summed E-state index contributed by atoms with van der Waals surface area (Å²) in [5.41, 5.74) is 1.48. The third-order valence-corrected chi connectivity index (χ3v) is 5.86. The zero-order chi connectivity index (χ0) is 21.6. The number of nitrogens with one attached hydrogen (secondary N) is 2. The quantitative estimate of drug-likeness (QED) is 0.229. The van der Waals surface area contributed by atoms with Crippen LogP contribution in [0.2, 0.25) is 0 Å². The molecule has 2 rings (SSSR count). The lowest BCUT2D eigenvalue weighted by atomic mass is 9.84. The Hall–Kier alpha value is -1.75. The van der Waals surface area contributed by atoms with Gasteiger partial charge >= 0.3 is 5.97 Å². The third-order valence-electron chi connectivity index (χ3n) is 4.54. The van der Waals surface area contributed by atoms with Gasteiger partial charge in [0.1, 0.15) is 15.7 Å². The summed E-state index contributed by atoms with van der Waals surface area (Å²) < 4.78 is 18.3. The number of guanidine groups is 1. The van der Waals surface area contributed by atoms with Crippen LogP contribution in [0.15, 0.2) is 29.3 Å². The number of aromatic nitrogens is 1. The van der Waals surface area contributed by atoms with Crippen LogP contribution in [-0.2, 0) is 10.2 Å². The van der Waals surface area contributed by atoms with E-state index in [1.165, 1.54) is 23.5 Å². The van der Waals surface area contributed by atoms with Crippen LogP contribution in [0, 0.1) is 12.7 Å². The molecule has 6 nitrogen and oxygen atoms in total. The van der Waals surface area contributed by atoms with Gasteiger partial charge in [-0.2, -0.15) is 0 Å². The molecule has 1 aromatic heterocycles. The van der Waals surface area contributed by atoms with Gasteiger partial charge in [-0.15, -0.1) is 35.3 Å². The minimum absolute atomic E-state index is 0. The summed E-state index contributed by atoms with van der Waals surface area (Å²) in [4.78, 5) is 21.3. The van der Waals surface area contributed by atoms with Crippen LogP contribution in [0.4, 0.5) is 4.39 Å². The average Bonchev–Trinajstić information content (AvgIpc) is 3.07. The average molecular weight is 548 g/mol. The predicted octanol–water partition coefficient (Wildman–Crippen LogP) is 4.59. The van der Waals surface area contributed by atoms with Gasteiger partial charge < -0.3 is 15.4 Å². The van der Waals surface area contributed by atoms with Crippen molar-refractivity contribution in [1.29, 1.82) is 0 Å². The number of hydrogen-bond donors (Lipinski definition) is 2. The van der Waals surface area contributed by atoms with E-state index in [-0.39, 0.29) is 47.2 Å². The number of rotatable bonds is 7. The molecule has 1 aromatic carbocycles. The third kappa shape index (κ3) is 6.90. The number of hydrogen-bond acceptors (Lipinski definition) is 5. The molecule has 166 valence electrons. The van der Waals surface area contributed by atoms with Crippen molar-refractivity contribution in [3.8, 4) is 0 Å². The summed E-state index contributed by atoms with van der Waals surface area (Å²) in [5.74, 6) is 0.0347. The fourth-order valence-electron chi connectivity index (χ4n) is 2.76. The van der Waals surface area contributed by atoms with E-state index >= 15 is 0 Å². The fourth-order valence-corrected chi connectivity index (χ4v) is 3.72. The van der Waals surface area contributed by atoms with Gasteiger partial charge in [-0.05, 0) is 38.5 Å². The summed E-state index contributed by atoms with van der Waals surface area (Å²) in [6, 6.07) is 6.40. The smallest absolute Gasteiger partial charge is 0.350 e. The number of halogens is 2. The molecule has 1 atom stereocenters. The van der Waals surface area contributed by atoms with E-state index in [1.807, 2.05) is 6.92 Å². The van der Waals surface area contributed by atoms with Gasteiger partial charge in [0.25, 0.3) is 0 Å².